The zero-order valence-corrected chi connectivity index (χ0v) is 16.6. The molecular formula is C19H27NO5S. The molecule has 0 spiro atoms. The molecule has 6 nitrogen and oxygen atoms in total. The van der Waals surface area contributed by atoms with E-state index in [2.05, 4.69) is 5.92 Å². The van der Waals surface area contributed by atoms with Crippen LogP contribution in [0.1, 0.15) is 51.1 Å². The van der Waals surface area contributed by atoms with Gasteiger partial charge in [-0.3, -0.25) is 0 Å². The number of fused-ring (bicyclic) bond motifs is 1. The molecule has 0 aliphatic carbocycles. The van der Waals surface area contributed by atoms with Crippen LogP contribution < -0.4 is 9.47 Å². The van der Waals surface area contributed by atoms with Gasteiger partial charge in [0, 0.05) is 11.6 Å². The third kappa shape index (κ3) is 3.41. The maximum Gasteiger partial charge on any atom is 0.180 e. The summed E-state index contributed by atoms with van der Waals surface area (Å²) in [4.78, 5) is 0.0870. The predicted molar refractivity (Wildman–Crippen MR) is 99.3 cm³/mol. The van der Waals surface area contributed by atoms with Gasteiger partial charge in [-0.15, -0.1) is 6.42 Å². The van der Waals surface area contributed by atoms with Crippen LogP contribution in [0.25, 0.3) is 0 Å². The summed E-state index contributed by atoms with van der Waals surface area (Å²) in [5.41, 5.74) is -0.606. The van der Waals surface area contributed by atoms with E-state index < -0.39 is 21.4 Å². The molecule has 1 aliphatic rings. The first-order valence-electron chi connectivity index (χ1n) is 8.73. The zero-order chi connectivity index (χ0) is 19.5. The predicted octanol–water partition coefficient (Wildman–Crippen LogP) is 3.20. The van der Waals surface area contributed by atoms with Crippen LogP contribution in [-0.2, 0) is 9.84 Å². The largest absolute Gasteiger partial charge is 0.493 e. The van der Waals surface area contributed by atoms with Gasteiger partial charge in [0.05, 0.1) is 30.4 Å². The van der Waals surface area contributed by atoms with Gasteiger partial charge in [0.15, 0.2) is 21.3 Å². The Bertz CT molecular complexity index is 799. The van der Waals surface area contributed by atoms with Gasteiger partial charge in [-0.2, -0.15) is 5.06 Å². The molecule has 144 valence electrons. The summed E-state index contributed by atoms with van der Waals surface area (Å²) in [5.74, 6) is 3.04. The molecule has 1 aromatic rings. The number of unbranched alkanes of at least 4 members (excludes halogenated alkanes) is 1. The van der Waals surface area contributed by atoms with Crippen molar-refractivity contribution in [3.63, 3.8) is 0 Å². The minimum absolute atomic E-state index is 0.0870. The minimum Gasteiger partial charge on any atom is -0.493 e. The normalized spacial score (nSPS) is 25.0. The number of methoxy groups -OCH3 is 2. The number of benzene rings is 1. The molecule has 2 rings (SSSR count). The Labute approximate surface area is 156 Å². The van der Waals surface area contributed by atoms with Crippen molar-refractivity contribution in [2.45, 2.75) is 56.0 Å². The van der Waals surface area contributed by atoms with E-state index in [0.717, 1.165) is 17.9 Å². The number of ether oxygens (including phenoxy) is 2. The second-order valence-corrected chi connectivity index (χ2v) is 8.56. The molecule has 0 fully saturated rings. The number of hydrogen-bond acceptors (Lipinski definition) is 6. The first-order chi connectivity index (χ1) is 12.3. The third-order valence-corrected chi connectivity index (χ3v) is 7.09. The van der Waals surface area contributed by atoms with E-state index >= 15 is 0 Å². The van der Waals surface area contributed by atoms with Crippen molar-refractivity contribution in [1.82, 2.24) is 5.06 Å². The summed E-state index contributed by atoms with van der Waals surface area (Å²) in [6, 6.07) is 2.09. The van der Waals surface area contributed by atoms with E-state index in [-0.39, 0.29) is 10.6 Å². The van der Waals surface area contributed by atoms with Crippen molar-refractivity contribution in [2.24, 2.45) is 0 Å². The van der Waals surface area contributed by atoms with Gasteiger partial charge in [0.1, 0.15) is 6.04 Å². The smallest absolute Gasteiger partial charge is 0.180 e. The Morgan fingerprint density at radius 2 is 1.92 bits per heavy atom. The molecule has 0 amide bonds. The van der Waals surface area contributed by atoms with Crippen LogP contribution in [-0.4, -0.2) is 44.2 Å². The van der Waals surface area contributed by atoms with Crippen LogP contribution in [0, 0.1) is 12.3 Å². The molecule has 1 N–H and O–H groups in total. The SMILES string of the molecule is C#CC1c2cc(OC)c(OC)cc2S(=O)(=O)CC(CC)(CCCC)N1O. The lowest BCUT2D eigenvalue weighted by Gasteiger charge is -2.40. The second kappa shape index (κ2) is 7.87. The van der Waals surface area contributed by atoms with Crippen molar-refractivity contribution >= 4 is 9.84 Å². The van der Waals surface area contributed by atoms with Crippen molar-refractivity contribution in [3.8, 4) is 23.8 Å². The van der Waals surface area contributed by atoms with Crippen molar-refractivity contribution in [2.75, 3.05) is 20.0 Å². The molecule has 0 saturated heterocycles. The number of hydroxylamine groups is 2. The molecule has 1 heterocycles. The van der Waals surface area contributed by atoms with E-state index in [1.807, 2.05) is 13.8 Å². The highest BCUT2D eigenvalue weighted by Crippen LogP contribution is 2.44. The Hall–Kier alpha value is -1.75. The molecule has 7 heteroatoms. The van der Waals surface area contributed by atoms with Crippen LogP contribution in [0.5, 0.6) is 11.5 Å². The van der Waals surface area contributed by atoms with Gasteiger partial charge in [0.2, 0.25) is 0 Å². The van der Waals surface area contributed by atoms with E-state index in [1.54, 1.807) is 6.07 Å². The van der Waals surface area contributed by atoms with Gasteiger partial charge >= 0.3 is 0 Å². The summed E-state index contributed by atoms with van der Waals surface area (Å²) in [6.45, 7) is 3.90. The van der Waals surface area contributed by atoms with E-state index in [9.17, 15) is 13.6 Å². The number of rotatable bonds is 6. The van der Waals surface area contributed by atoms with Crippen LogP contribution in [0.4, 0.5) is 0 Å². The summed E-state index contributed by atoms with van der Waals surface area (Å²) >= 11 is 0. The van der Waals surface area contributed by atoms with Crippen LogP contribution >= 0.6 is 0 Å². The van der Waals surface area contributed by atoms with Crippen LogP contribution in [0.3, 0.4) is 0 Å². The molecule has 0 bridgehead atoms. The molecular weight excluding hydrogens is 354 g/mol. The number of sulfone groups is 1. The fraction of sp³-hybridized carbons (Fsp3) is 0.579. The van der Waals surface area contributed by atoms with Crippen molar-refractivity contribution in [3.05, 3.63) is 17.7 Å². The van der Waals surface area contributed by atoms with Gasteiger partial charge < -0.3 is 14.7 Å². The van der Waals surface area contributed by atoms with Crippen molar-refractivity contribution in [1.29, 1.82) is 0 Å². The molecule has 0 aromatic heterocycles. The van der Waals surface area contributed by atoms with E-state index in [4.69, 9.17) is 15.9 Å². The standard InChI is InChI=1S/C19H27NO5S/c1-6-9-10-19(8-3)13-26(22,23)18-12-17(25-5)16(24-4)11-14(18)15(7-2)20(19)21/h2,11-12,15,21H,6,8-10,13H2,1,3-5H3. The molecule has 1 aliphatic heterocycles. The molecule has 26 heavy (non-hydrogen) atoms. The topological polar surface area (TPSA) is 76.1 Å². The lowest BCUT2D eigenvalue weighted by Crippen LogP contribution is -2.51. The third-order valence-electron chi connectivity index (χ3n) is 5.15. The maximum atomic E-state index is 13.2. The second-order valence-electron chi connectivity index (χ2n) is 6.60. The van der Waals surface area contributed by atoms with Gasteiger partial charge in [-0.1, -0.05) is 32.6 Å². The van der Waals surface area contributed by atoms with Gasteiger partial charge in [0.25, 0.3) is 0 Å². The summed E-state index contributed by atoms with van der Waals surface area (Å²) in [7, 11) is -0.781. The van der Waals surface area contributed by atoms with Gasteiger partial charge in [-0.25, -0.2) is 8.42 Å². The average Bonchev–Trinajstić information content (AvgIpc) is 2.70. The first-order valence-corrected chi connectivity index (χ1v) is 10.4. The Morgan fingerprint density at radius 1 is 1.31 bits per heavy atom. The molecule has 2 atom stereocenters. The lowest BCUT2D eigenvalue weighted by atomic mass is 9.89. The number of hydrogen-bond donors (Lipinski definition) is 1. The summed E-state index contributed by atoms with van der Waals surface area (Å²) < 4.78 is 37.0. The molecule has 1 aromatic carbocycles. The number of terminal acetylenes is 1. The molecule has 0 saturated carbocycles. The zero-order valence-electron chi connectivity index (χ0n) is 15.8. The summed E-state index contributed by atoms with van der Waals surface area (Å²) in [5, 5.41) is 12.1. The highest BCUT2D eigenvalue weighted by molar-refractivity contribution is 7.91. The molecule has 0 radical (unpaired) electrons. The highest BCUT2D eigenvalue weighted by Gasteiger charge is 2.47. The number of nitrogens with zero attached hydrogens (tertiary/aromatic N) is 1. The van der Waals surface area contributed by atoms with Crippen LogP contribution in [0.2, 0.25) is 0 Å². The fourth-order valence-electron chi connectivity index (χ4n) is 3.56. The monoisotopic (exact) mass is 381 g/mol. The summed E-state index contributed by atoms with van der Waals surface area (Å²) in [6.07, 6.45) is 8.40. The quantitative estimate of drug-likeness (QED) is 0.763. The Balaban J connectivity index is 2.75. The maximum absolute atomic E-state index is 13.2. The minimum atomic E-state index is -3.69. The first kappa shape index (κ1) is 20.6. The Kier molecular flexibility index (Phi) is 6.22. The van der Waals surface area contributed by atoms with Gasteiger partial charge in [-0.05, 0) is 18.9 Å². The lowest BCUT2D eigenvalue weighted by molar-refractivity contribution is -0.189. The van der Waals surface area contributed by atoms with E-state index in [0.29, 0.717) is 29.9 Å². The highest BCUT2D eigenvalue weighted by atomic mass is 32.2. The van der Waals surface area contributed by atoms with E-state index in [1.165, 1.54) is 20.3 Å². The Morgan fingerprint density at radius 3 is 2.42 bits per heavy atom. The fourth-order valence-corrected chi connectivity index (χ4v) is 5.72. The van der Waals surface area contributed by atoms with Crippen LogP contribution in [0.15, 0.2) is 17.0 Å². The van der Waals surface area contributed by atoms with Crippen molar-refractivity contribution < 1.29 is 23.1 Å². The molecule has 2 unspecified atom stereocenters. The average molecular weight is 381 g/mol.